The number of esters is 1. The molecule has 0 aromatic heterocycles. The number of urea groups is 1. The minimum absolute atomic E-state index is 0.253. The highest BCUT2D eigenvalue weighted by molar-refractivity contribution is 6.14. The molecule has 0 aromatic carbocycles. The fourth-order valence-electron chi connectivity index (χ4n) is 1.68. The Morgan fingerprint density at radius 3 is 2.68 bits per heavy atom. The lowest BCUT2D eigenvalue weighted by molar-refractivity contribution is -0.153. The standard InChI is InChI=1S/C12H18N2O5/c1-3-4-5-8(2)19-11(17)7-14-10(16)6-9(15)13-12(14)18/h8H,3-7H2,1-2H3,(H,13,15,18). The third-order valence-corrected chi connectivity index (χ3v) is 2.69. The van der Waals surface area contributed by atoms with Gasteiger partial charge in [0, 0.05) is 0 Å². The molecule has 1 unspecified atom stereocenters. The van der Waals surface area contributed by atoms with Crippen LogP contribution < -0.4 is 5.32 Å². The summed E-state index contributed by atoms with van der Waals surface area (Å²) in [6, 6.07) is -0.876. The number of carbonyl (C=O) groups excluding carboxylic acids is 4. The second kappa shape index (κ2) is 6.86. The van der Waals surface area contributed by atoms with Gasteiger partial charge in [-0.15, -0.1) is 0 Å². The molecule has 0 saturated carbocycles. The van der Waals surface area contributed by atoms with E-state index in [9.17, 15) is 19.2 Å². The van der Waals surface area contributed by atoms with Crippen LogP contribution in [0, 0.1) is 0 Å². The van der Waals surface area contributed by atoms with Crippen molar-refractivity contribution in [2.24, 2.45) is 0 Å². The highest BCUT2D eigenvalue weighted by atomic mass is 16.5. The fraction of sp³-hybridized carbons (Fsp3) is 0.667. The first kappa shape index (κ1) is 15.1. The van der Waals surface area contributed by atoms with E-state index < -0.39 is 36.8 Å². The average molecular weight is 270 g/mol. The second-order valence-corrected chi connectivity index (χ2v) is 4.45. The van der Waals surface area contributed by atoms with Gasteiger partial charge in [0.25, 0.3) is 0 Å². The van der Waals surface area contributed by atoms with Crippen LogP contribution in [0.2, 0.25) is 0 Å². The van der Waals surface area contributed by atoms with Crippen LogP contribution in [0.5, 0.6) is 0 Å². The van der Waals surface area contributed by atoms with E-state index in [4.69, 9.17) is 4.74 Å². The molecule has 106 valence electrons. The van der Waals surface area contributed by atoms with Crippen LogP contribution >= 0.6 is 0 Å². The van der Waals surface area contributed by atoms with Gasteiger partial charge in [0.15, 0.2) is 0 Å². The number of ether oxygens (including phenoxy) is 1. The third-order valence-electron chi connectivity index (χ3n) is 2.69. The lowest BCUT2D eigenvalue weighted by atomic mass is 10.2. The van der Waals surface area contributed by atoms with E-state index in [1.54, 1.807) is 6.92 Å². The van der Waals surface area contributed by atoms with Gasteiger partial charge in [0.1, 0.15) is 13.0 Å². The SMILES string of the molecule is CCCCC(C)OC(=O)CN1C(=O)CC(=O)NC1=O. The molecule has 7 heteroatoms. The van der Waals surface area contributed by atoms with Crippen molar-refractivity contribution >= 4 is 23.8 Å². The first-order valence-corrected chi connectivity index (χ1v) is 6.27. The number of imide groups is 2. The molecule has 1 atom stereocenters. The maximum absolute atomic E-state index is 11.6. The van der Waals surface area contributed by atoms with E-state index in [0.29, 0.717) is 4.90 Å². The molecular formula is C12H18N2O5. The van der Waals surface area contributed by atoms with Crippen molar-refractivity contribution in [2.45, 2.75) is 45.6 Å². The number of barbiturate groups is 1. The van der Waals surface area contributed by atoms with Crippen LogP contribution in [-0.2, 0) is 19.1 Å². The maximum atomic E-state index is 11.6. The predicted molar refractivity (Wildman–Crippen MR) is 64.9 cm³/mol. The van der Waals surface area contributed by atoms with E-state index in [1.165, 1.54) is 0 Å². The Labute approximate surface area is 111 Å². The van der Waals surface area contributed by atoms with E-state index in [1.807, 2.05) is 12.2 Å². The van der Waals surface area contributed by atoms with Gasteiger partial charge in [-0.1, -0.05) is 19.8 Å². The number of rotatable bonds is 6. The molecule has 4 amide bonds. The zero-order chi connectivity index (χ0) is 14.4. The molecule has 0 bridgehead atoms. The molecule has 1 aliphatic rings. The third kappa shape index (κ3) is 4.69. The summed E-state index contributed by atoms with van der Waals surface area (Å²) in [6.07, 6.45) is 1.99. The summed E-state index contributed by atoms with van der Waals surface area (Å²) in [7, 11) is 0. The average Bonchev–Trinajstić information content (AvgIpc) is 2.31. The van der Waals surface area contributed by atoms with E-state index >= 15 is 0 Å². The zero-order valence-corrected chi connectivity index (χ0v) is 11.1. The molecule has 0 aromatic rings. The van der Waals surface area contributed by atoms with Crippen molar-refractivity contribution in [3.8, 4) is 0 Å². The number of nitrogens with one attached hydrogen (secondary N) is 1. The Morgan fingerprint density at radius 2 is 2.11 bits per heavy atom. The van der Waals surface area contributed by atoms with Gasteiger partial charge in [-0.2, -0.15) is 0 Å². The summed E-state index contributed by atoms with van der Waals surface area (Å²) >= 11 is 0. The fourth-order valence-corrected chi connectivity index (χ4v) is 1.68. The summed E-state index contributed by atoms with van der Waals surface area (Å²) < 4.78 is 5.08. The molecule has 1 aliphatic heterocycles. The maximum Gasteiger partial charge on any atom is 0.331 e. The number of hydrogen-bond donors (Lipinski definition) is 1. The molecule has 1 N–H and O–H groups in total. The topological polar surface area (TPSA) is 92.8 Å². The lowest BCUT2D eigenvalue weighted by Crippen LogP contribution is -2.54. The van der Waals surface area contributed by atoms with Crippen molar-refractivity contribution in [2.75, 3.05) is 6.54 Å². The highest BCUT2D eigenvalue weighted by Crippen LogP contribution is 2.07. The summed E-state index contributed by atoms with van der Waals surface area (Å²) in [5.41, 5.74) is 0. The number of hydrogen-bond acceptors (Lipinski definition) is 5. The molecule has 1 rings (SSSR count). The van der Waals surface area contributed by atoms with E-state index in [2.05, 4.69) is 0 Å². The van der Waals surface area contributed by atoms with Crippen LogP contribution in [0.4, 0.5) is 4.79 Å². The molecule has 1 heterocycles. The van der Waals surface area contributed by atoms with Gasteiger partial charge in [-0.3, -0.25) is 24.6 Å². The van der Waals surface area contributed by atoms with E-state index in [-0.39, 0.29) is 6.10 Å². The Hall–Kier alpha value is -1.92. The smallest absolute Gasteiger partial charge is 0.331 e. The Kier molecular flexibility index (Phi) is 5.47. The molecule has 1 saturated heterocycles. The highest BCUT2D eigenvalue weighted by Gasteiger charge is 2.32. The van der Waals surface area contributed by atoms with Gasteiger partial charge < -0.3 is 4.74 Å². The number of unbranched alkanes of at least 4 members (excludes halogenated alkanes) is 1. The Balaban J connectivity index is 2.45. The Bertz CT molecular complexity index is 374. The molecule has 1 fully saturated rings. The Morgan fingerprint density at radius 1 is 1.42 bits per heavy atom. The minimum atomic E-state index is -0.876. The van der Waals surface area contributed by atoms with Gasteiger partial charge in [0.2, 0.25) is 11.8 Å². The van der Waals surface area contributed by atoms with Gasteiger partial charge in [0.05, 0.1) is 6.10 Å². The van der Waals surface area contributed by atoms with Crippen LogP contribution in [-0.4, -0.2) is 41.4 Å². The van der Waals surface area contributed by atoms with Crippen molar-refractivity contribution in [1.82, 2.24) is 10.2 Å². The van der Waals surface area contributed by atoms with E-state index in [0.717, 1.165) is 19.3 Å². The lowest BCUT2D eigenvalue weighted by Gasteiger charge is -2.24. The first-order chi connectivity index (χ1) is 8.93. The second-order valence-electron chi connectivity index (χ2n) is 4.45. The summed E-state index contributed by atoms with van der Waals surface area (Å²) in [5, 5.41) is 1.97. The van der Waals surface area contributed by atoms with Crippen molar-refractivity contribution in [1.29, 1.82) is 0 Å². The largest absolute Gasteiger partial charge is 0.461 e. The number of nitrogens with zero attached hydrogens (tertiary/aromatic N) is 1. The van der Waals surface area contributed by atoms with Crippen LogP contribution in [0.1, 0.15) is 39.5 Å². The molecule has 0 radical (unpaired) electrons. The summed E-state index contributed by atoms with van der Waals surface area (Å²) in [5.74, 6) is -2.00. The first-order valence-electron chi connectivity index (χ1n) is 6.27. The number of amides is 4. The van der Waals surface area contributed by atoms with Crippen molar-refractivity contribution in [3.05, 3.63) is 0 Å². The molecule has 7 nitrogen and oxygen atoms in total. The normalized spacial score (nSPS) is 17.2. The van der Waals surface area contributed by atoms with Crippen molar-refractivity contribution < 1.29 is 23.9 Å². The van der Waals surface area contributed by atoms with Gasteiger partial charge in [-0.05, 0) is 13.3 Å². The number of carbonyl (C=O) groups is 4. The summed E-state index contributed by atoms with van der Waals surface area (Å²) in [4.78, 5) is 46.0. The van der Waals surface area contributed by atoms with Crippen molar-refractivity contribution in [3.63, 3.8) is 0 Å². The van der Waals surface area contributed by atoms with Gasteiger partial charge >= 0.3 is 12.0 Å². The van der Waals surface area contributed by atoms with Crippen LogP contribution in [0.3, 0.4) is 0 Å². The van der Waals surface area contributed by atoms with Crippen LogP contribution in [0.25, 0.3) is 0 Å². The zero-order valence-electron chi connectivity index (χ0n) is 11.1. The quantitative estimate of drug-likeness (QED) is 0.563. The van der Waals surface area contributed by atoms with Gasteiger partial charge in [-0.25, -0.2) is 4.79 Å². The summed E-state index contributed by atoms with van der Waals surface area (Å²) in [6.45, 7) is 3.33. The molecule has 0 spiro atoms. The van der Waals surface area contributed by atoms with Crippen LogP contribution in [0.15, 0.2) is 0 Å². The monoisotopic (exact) mass is 270 g/mol. The molecular weight excluding hydrogens is 252 g/mol. The molecule has 0 aliphatic carbocycles. The predicted octanol–water partition coefficient (Wildman–Crippen LogP) is 0.577. The molecule has 19 heavy (non-hydrogen) atoms. The minimum Gasteiger partial charge on any atom is -0.461 e.